The molecule has 1 heterocycles. The third-order valence-corrected chi connectivity index (χ3v) is 3.54. The topological polar surface area (TPSA) is 34.4 Å². The van der Waals surface area contributed by atoms with Crippen molar-refractivity contribution in [1.29, 1.82) is 0 Å². The summed E-state index contributed by atoms with van der Waals surface area (Å²) in [6, 6.07) is 15.0. The Hall–Kier alpha value is -1.58. The molecular formula is C18H25NO2. The summed E-state index contributed by atoms with van der Waals surface area (Å²) in [6.45, 7) is 4.54. The van der Waals surface area contributed by atoms with Crippen LogP contribution in [0.25, 0.3) is 0 Å². The SMILES string of the molecule is CCC(Cc1ccccc1)NCCCOCc1ccco1. The fourth-order valence-corrected chi connectivity index (χ4v) is 2.31. The fourth-order valence-electron chi connectivity index (χ4n) is 2.31. The minimum Gasteiger partial charge on any atom is -0.467 e. The van der Waals surface area contributed by atoms with Crippen molar-refractivity contribution in [1.82, 2.24) is 5.32 Å². The normalized spacial score (nSPS) is 12.4. The molecule has 0 aliphatic rings. The molecule has 1 atom stereocenters. The predicted molar refractivity (Wildman–Crippen MR) is 85.2 cm³/mol. The quantitative estimate of drug-likeness (QED) is 0.675. The molecule has 0 saturated carbocycles. The highest BCUT2D eigenvalue weighted by molar-refractivity contribution is 5.15. The number of furan rings is 1. The van der Waals surface area contributed by atoms with Crippen molar-refractivity contribution in [3.05, 3.63) is 60.1 Å². The Bertz CT molecular complexity index is 467. The van der Waals surface area contributed by atoms with Crippen LogP contribution in [0, 0.1) is 0 Å². The van der Waals surface area contributed by atoms with E-state index in [0.29, 0.717) is 12.6 Å². The second-order valence-corrected chi connectivity index (χ2v) is 5.23. The Morgan fingerprint density at radius 1 is 1.14 bits per heavy atom. The first-order valence-corrected chi connectivity index (χ1v) is 7.76. The van der Waals surface area contributed by atoms with E-state index in [-0.39, 0.29) is 0 Å². The van der Waals surface area contributed by atoms with E-state index in [4.69, 9.17) is 9.15 Å². The van der Waals surface area contributed by atoms with Gasteiger partial charge in [0.2, 0.25) is 0 Å². The van der Waals surface area contributed by atoms with Crippen molar-refractivity contribution in [3.8, 4) is 0 Å². The maximum absolute atomic E-state index is 5.58. The van der Waals surface area contributed by atoms with Gasteiger partial charge >= 0.3 is 0 Å². The zero-order valence-corrected chi connectivity index (χ0v) is 12.8. The molecule has 0 spiro atoms. The molecule has 0 aliphatic carbocycles. The average molecular weight is 287 g/mol. The Balaban J connectivity index is 1.56. The average Bonchev–Trinajstić information content (AvgIpc) is 3.04. The van der Waals surface area contributed by atoms with Crippen LogP contribution >= 0.6 is 0 Å². The van der Waals surface area contributed by atoms with Gasteiger partial charge in [0.25, 0.3) is 0 Å². The van der Waals surface area contributed by atoms with Gasteiger partial charge in [0, 0.05) is 12.6 Å². The van der Waals surface area contributed by atoms with Crippen LogP contribution in [0.15, 0.2) is 53.1 Å². The van der Waals surface area contributed by atoms with E-state index in [9.17, 15) is 0 Å². The van der Waals surface area contributed by atoms with Gasteiger partial charge in [0.1, 0.15) is 12.4 Å². The lowest BCUT2D eigenvalue weighted by atomic mass is 10.0. The summed E-state index contributed by atoms with van der Waals surface area (Å²) in [6.07, 6.45) is 4.93. The molecule has 3 nitrogen and oxygen atoms in total. The zero-order chi connectivity index (χ0) is 14.8. The van der Waals surface area contributed by atoms with Crippen molar-refractivity contribution in [2.75, 3.05) is 13.2 Å². The second kappa shape index (κ2) is 9.37. The summed E-state index contributed by atoms with van der Waals surface area (Å²) in [5.74, 6) is 0.887. The third kappa shape index (κ3) is 6.15. The van der Waals surface area contributed by atoms with E-state index in [0.717, 1.165) is 38.2 Å². The van der Waals surface area contributed by atoms with E-state index in [1.165, 1.54) is 5.56 Å². The molecule has 0 aliphatic heterocycles. The monoisotopic (exact) mass is 287 g/mol. The molecule has 0 fully saturated rings. The largest absolute Gasteiger partial charge is 0.467 e. The molecule has 0 bridgehead atoms. The van der Waals surface area contributed by atoms with Crippen LogP contribution in [0.2, 0.25) is 0 Å². The van der Waals surface area contributed by atoms with Crippen LogP contribution in [-0.4, -0.2) is 19.2 Å². The Morgan fingerprint density at radius 2 is 2.00 bits per heavy atom. The van der Waals surface area contributed by atoms with Crippen molar-refractivity contribution < 1.29 is 9.15 Å². The summed E-state index contributed by atoms with van der Waals surface area (Å²) >= 11 is 0. The van der Waals surface area contributed by atoms with Crippen LogP contribution in [0.5, 0.6) is 0 Å². The second-order valence-electron chi connectivity index (χ2n) is 5.23. The number of rotatable bonds is 10. The third-order valence-electron chi connectivity index (χ3n) is 3.54. The van der Waals surface area contributed by atoms with E-state index in [1.807, 2.05) is 12.1 Å². The van der Waals surface area contributed by atoms with E-state index >= 15 is 0 Å². The summed E-state index contributed by atoms with van der Waals surface area (Å²) in [5.41, 5.74) is 1.39. The minimum atomic E-state index is 0.539. The first-order valence-electron chi connectivity index (χ1n) is 7.76. The Kier molecular flexibility index (Phi) is 7.05. The molecular weight excluding hydrogens is 262 g/mol. The van der Waals surface area contributed by atoms with Gasteiger partial charge in [-0.15, -0.1) is 0 Å². The molecule has 1 aromatic heterocycles. The predicted octanol–water partition coefficient (Wildman–Crippen LogP) is 3.80. The van der Waals surface area contributed by atoms with Crippen LogP contribution in [0.1, 0.15) is 31.1 Å². The van der Waals surface area contributed by atoms with Crippen LogP contribution < -0.4 is 5.32 Å². The van der Waals surface area contributed by atoms with Gasteiger partial charge in [0.15, 0.2) is 0 Å². The maximum Gasteiger partial charge on any atom is 0.129 e. The lowest BCUT2D eigenvalue weighted by Gasteiger charge is -2.17. The summed E-state index contributed by atoms with van der Waals surface area (Å²) in [7, 11) is 0. The lowest BCUT2D eigenvalue weighted by molar-refractivity contribution is 0.103. The molecule has 21 heavy (non-hydrogen) atoms. The highest BCUT2D eigenvalue weighted by Crippen LogP contribution is 2.06. The molecule has 1 N–H and O–H groups in total. The summed E-state index contributed by atoms with van der Waals surface area (Å²) in [5, 5.41) is 3.61. The zero-order valence-electron chi connectivity index (χ0n) is 12.8. The fraction of sp³-hybridized carbons (Fsp3) is 0.444. The van der Waals surface area contributed by atoms with Gasteiger partial charge in [0.05, 0.1) is 6.26 Å². The van der Waals surface area contributed by atoms with E-state index in [1.54, 1.807) is 6.26 Å². The molecule has 3 heteroatoms. The molecule has 0 radical (unpaired) electrons. The van der Waals surface area contributed by atoms with Gasteiger partial charge < -0.3 is 14.5 Å². The van der Waals surface area contributed by atoms with Crippen LogP contribution in [0.3, 0.4) is 0 Å². The van der Waals surface area contributed by atoms with Gasteiger partial charge in [-0.1, -0.05) is 37.3 Å². The van der Waals surface area contributed by atoms with Crippen molar-refractivity contribution in [3.63, 3.8) is 0 Å². The van der Waals surface area contributed by atoms with Crippen LogP contribution in [-0.2, 0) is 17.8 Å². The smallest absolute Gasteiger partial charge is 0.129 e. The molecule has 1 unspecified atom stereocenters. The molecule has 0 saturated heterocycles. The highest BCUT2D eigenvalue weighted by Gasteiger charge is 2.06. The number of ether oxygens (including phenoxy) is 1. The Labute approximate surface area is 127 Å². The van der Waals surface area contributed by atoms with Crippen molar-refractivity contribution in [2.45, 2.75) is 38.8 Å². The first-order chi connectivity index (χ1) is 10.4. The van der Waals surface area contributed by atoms with Crippen LogP contribution in [0.4, 0.5) is 0 Å². The van der Waals surface area contributed by atoms with Gasteiger partial charge in [-0.2, -0.15) is 0 Å². The van der Waals surface area contributed by atoms with Crippen molar-refractivity contribution in [2.24, 2.45) is 0 Å². The maximum atomic E-state index is 5.58. The van der Waals surface area contributed by atoms with E-state index in [2.05, 4.69) is 42.6 Å². The molecule has 0 amide bonds. The number of hydrogen-bond donors (Lipinski definition) is 1. The molecule has 2 aromatic rings. The highest BCUT2D eigenvalue weighted by atomic mass is 16.5. The Morgan fingerprint density at radius 3 is 2.71 bits per heavy atom. The number of nitrogens with one attached hydrogen (secondary N) is 1. The first kappa shape index (κ1) is 15.8. The number of hydrogen-bond acceptors (Lipinski definition) is 3. The molecule has 1 aromatic carbocycles. The van der Waals surface area contributed by atoms with Gasteiger partial charge in [-0.05, 0) is 43.5 Å². The lowest BCUT2D eigenvalue weighted by Crippen LogP contribution is -2.31. The molecule has 2 rings (SSSR count). The standard InChI is InChI=1S/C18H25NO2/c1-2-17(14-16-8-4-3-5-9-16)19-11-7-12-20-15-18-10-6-13-21-18/h3-6,8-10,13,17,19H,2,7,11-12,14-15H2,1H3. The number of benzene rings is 1. The van der Waals surface area contributed by atoms with E-state index < -0.39 is 0 Å². The molecule has 114 valence electrons. The van der Waals surface area contributed by atoms with Crippen molar-refractivity contribution >= 4 is 0 Å². The minimum absolute atomic E-state index is 0.539. The van der Waals surface area contributed by atoms with Gasteiger partial charge in [-0.25, -0.2) is 0 Å². The summed E-state index contributed by atoms with van der Waals surface area (Å²) < 4.78 is 10.8. The van der Waals surface area contributed by atoms with Gasteiger partial charge in [-0.3, -0.25) is 0 Å². The summed E-state index contributed by atoms with van der Waals surface area (Å²) in [4.78, 5) is 0.